The van der Waals surface area contributed by atoms with Gasteiger partial charge in [0.2, 0.25) is 0 Å². The van der Waals surface area contributed by atoms with E-state index in [-0.39, 0.29) is 5.78 Å². The first-order valence-corrected chi connectivity index (χ1v) is 7.30. The Bertz CT molecular complexity index is 416. The second-order valence-electron chi connectivity index (χ2n) is 4.32. The van der Waals surface area contributed by atoms with Crippen molar-refractivity contribution in [1.82, 2.24) is 5.32 Å². The Labute approximate surface area is 111 Å². The van der Waals surface area contributed by atoms with E-state index >= 15 is 0 Å². The van der Waals surface area contributed by atoms with Gasteiger partial charge in [0.05, 0.1) is 0 Å². The van der Waals surface area contributed by atoms with Crippen LogP contribution in [-0.4, -0.2) is 29.9 Å². The molecule has 1 heterocycles. The number of halogens is 1. The van der Waals surface area contributed by atoms with Gasteiger partial charge in [0.1, 0.15) is 0 Å². The van der Waals surface area contributed by atoms with Crippen LogP contribution in [0.25, 0.3) is 0 Å². The molecule has 1 aromatic carbocycles. The van der Waals surface area contributed by atoms with Crippen LogP contribution in [0.1, 0.15) is 22.3 Å². The van der Waals surface area contributed by atoms with Crippen LogP contribution < -0.4 is 5.32 Å². The van der Waals surface area contributed by atoms with Gasteiger partial charge in [-0.2, -0.15) is 11.8 Å². The average molecular weight is 270 g/mol. The molecule has 0 aromatic heterocycles. The average Bonchev–Trinajstić information content (AvgIpc) is 2.34. The van der Waals surface area contributed by atoms with E-state index in [0.717, 1.165) is 29.2 Å². The molecule has 1 atom stereocenters. The normalized spacial score (nSPS) is 20.2. The summed E-state index contributed by atoms with van der Waals surface area (Å²) in [5, 5.41) is 4.04. The molecule has 0 spiro atoms. The third kappa shape index (κ3) is 3.47. The summed E-state index contributed by atoms with van der Waals surface area (Å²) < 4.78 is 0. The summed E-state index contributed by atoms with van der Waals surface area (Å²) in [5.74, 6) is 2.33. The summed E-state index contributed by atoms with van der Waals surface area (Å²) in [6.07, 6.45) is 0.562. The maximum Gasteiger partial charge on any atom is 0.164 e. The standard InChI is InChI=1S/C13H16ClNOS/c1-9-2-3-10(6-12(9)14)13(16)7-11-8-17-5-4-15-11/h2-3,6,11,15H,4-5,7-8H2,1H3. The fraction of sp³-hybridized carbons (Fsp3) is 0.462. The number of rotatable bonds is 3. The van der Waals surface area contributed by atoms with Crippen molar-refractivity contribution in [2.75, 3.05) is 18.1 Å². The third-order valence-corrected chi connectivity index (χ3v) is 4.46. The van der Waals surface area contributed by atoms with Crippen molar-refractivity contribution in [3.05, 3.63) is 34.3 Å². The van der Waals surface area contributed by atoms with Crippen LogP contribution in [0.5, 0.6) is 0 Å². The molecule has 2 nitrogen and oxygen atoms in total. The van der Waals surface area contributed by atoms with E-state index < -0.39 is 0 Å². The van der Waals surface area contributed by atoms with E-state index in [1.807, 2.05) is 30.8 Å². The number of thioether (sulfide) groups is 1. The molecule has 4 heteroatoms. The van der Waals surface area contributed by atoms with Crippen LogP contribution in [0.2, 0.25) is 5.02 Å². The smallest absolute Gasteiger partial charge is 0.164 e. The molecule has 92 valence electrons. The maximum atomic E-state index is 12.1. The van der Waals surface area contributed by atoms with E-state index in [1.54, 1.807) is 6.07 Å². The largest absolute Gasteiger partial charge is 0.312 e. The minimum atomic E-state index is 0.173. The fourth-order valence-corrected chi connectivity index (χ4v) is 2.99. The summed E-state index contributed by atoms with van der Waals surface area (Å²) in [6, 6.07) is 5.84. The van der Waals surface area contributed by atoms with Crippen LogP contribution in [0.15, 0.2) is 18.2 Å². The summed E-state index contributed by atoms with van der Waals surface area (Å²) in [5.41, 5.74) is 1.73. The van der Waals surface area contributed by atoms with E-state index in [1.165, 1.54) is 0 Å². The third-order valence-electron chi connectivity index (χ3n) is 2.92. The number of hydrogen-bond acceptors (Lipinski definition) is 3. The number of carbonyl (C=O) groups is 1. The molecule has 1 aliphatic heterocycles. The van der Waals surface area contributed by atoms with E-state index in [4.69, 9.17) is 11.6 Å². The van der Waals surface area contributed by atoms with Gasteiger partial charge in [0.15, 0.2) is 5.78 Å². The van der Waals surface area contributed by atoms with Crippen molar-refractivity contribution >= 4 is 29.1 Å². The van der Waals surface area contributed by atoms with Crippen molar-refractivity contribution < 1.29 is 4.79 Å². The number of nitrogens with one attached hydrogen (secondary N) is 1. The van der Waals surface area contributed by atoms with Crippen LogP contribution in [0, 0.1) is 6.92 Å². The van der Waals surface area contributed by atoms with Crippen molar-refractivity contribution in [3.63, 3.8) is 0 Å². The summed E-state index contributed by atoms with van der Waals surface area (Å²) in [7, 11) is 0. The number of Topliss-reactive ketones (excluding diaryl/α,β-unsaturated/α-hetero) is 1. The molecule has 0 amide bonds. The molecular formula is C13H16ClNOS. The second kappa shape index (κ2) is 5.89. The molecule has 1 saturated heterocycles. The minimum absolute atomic E-state index is 0.173. The molecule has 2 rings (SSSR count). The Morgan fingerprint density at radius 2 is 2.41 bits per heavy atom. The van der Waals surface area contributed by atoms with Crippen LogP contribution >= 0.6 is 23.4 Å². The maximum absolute atomic E-state index is 12.1. The lowest BCUT2D eigenvalue weighted by Crippen LogP contribution is -2.38. The zero-order chi connectivity index (χ0) is 12.3. The Hall–Kier alpha value is -0.510. The highest BCUT2D eigenvalue weighted by Gasteiger charge is 2.17. The Morgan fingerprint density at radius 3 is 3.06 bits per heavy atom. The predicted octanol–water partition coefficient (Wildman–Crippen LogP) is 2.93. The van der Waals surface area contributed by atoms with Gasteiger partial charge in [-0.3, -0.25) is 4.79 Å². The molecule has 0 aliphatic carbocycles. The number of aryl methyl sites for hydroxylation is 1. The lowest BCUT2D eigenvalue weighted by molar-refractivity contribution is 0.0972. The molecule has 0 radical (unpaired) electrons. The van der Waals surface area contributed by atoms with Gasteiger partial charge >= 0.3 is 0 Å². The Morgan fingerprint density at radius 1 is 1.59 bits per heavy atom. The summed E-state index contributed by atoms with van der Waals surface area (Å²) in [6.45, 7) is 2.94. The SMILES string of the molecule is Cc1ccc(C(=O)CC2CSCCN2)cc1Cl. The van der Waals surface area contributed by atoms with Crippen molar-refractivity contribution in [1.29, 1.82) is 0 Å². The highest BCUT2D eigenvalue weighted by molar-refractivity contribution is 7.99. The van der Waals surface area contributed by atoms with Crippen LogP contribution in [0.3, 0.4) is 0 Å². The van der Waals surface area contributed by atoms with E-state index in [2.05, 4.69) is 5.32 Å². The molecular weight excluding hydrogens is 254 g/mol. The molecule has 1 aliphatic rings. The monoisotopic (exact) mass is 269 g/mol. The van der Waals surface area contributed by atoms with Crippen LogP contribution in [-0.2, 0) is 0 Å². The Kier molecular flexibility index (Phi) is 4.48. The van der Waals surface area contributed by atoms with Crippen molar-refractivity contribution in [3.8, 4) is 0 Å². The zero-order valence-corrected chi connectivity index (χ0v) is 11.4. The van der Waals surface area contributed by atoms with Gasteiger partial charge in [0.25, 0.3) is 0 Å². The Balaban J connectivity index is 2.01. The number of carbonyl (C=O) groups excluding carboxylic acids is 1. The minimum Gasteiger partial charge on any atom is -0.312 e. The van der Waals surface area contributed by atoms with Gasteiger partial charge in [-0.1, -0.05) is 23.7 Å². The zero-order valence-electron chi connectivity index (χ0n) is 9.83. The van der Waals surface area contributed by atoms with Crippen molar-refractivity contribution in [2.24, 2.45) is 0 Å². The van der Waals surface area contributed by atoms with Gasteiger partial charge in [0, 0.05) is 41.1 Å². The summed E-state index contributed by atoms with van der Waals surface area (Å²) in [4.78, 5) is 12.1. The molecule has 17 heavy (non-hydrogen) atoms. The van der Waals surface area contributed by atoms with Crippen molar-refractivity contribution in [2.45, 2.75) is 19.4 Å². The lowest BCUT2D eigenvalue weighted by atomic mass is 10.0. The van der Waals surface area contributed by atoms with Gasteiger partial charge in [-0.15, -0.1) is 0 Å². The highest BCUT2D eigenvalue weighted by Crippen LogP contribution is 2.19. The molecule has 0 bridgehead atoms. The van der Waals surface area contributed by atoms with Gasteiger partial charge < -0.3 is 5.32 Å². The number of hydrogen-bond donors (Lipinski definition) is 1. The lowest BCUT2D eigenvalue weighted by Gasteiger charge is -2.22. The first-order valence-electron chi connectivity index (χ1n) is 5.77. The molecule has 1 fully saturated rings. The van der Waals surface area contributed by atoms with Gasteiger partial charge in [-0.05, 0) is 18.6 Å². The quantitative estimate of drug-likeness (QED) is 0.856. The van der Waals surface area contributed by atoms with E-state index in [0.29, 0.717) is 17.5 Å². The highest BCUT2D eigenvalue weighted by atomic mass is 35.5. The molecule has 1 unspecified atom stereocenters. The predicted molar refractivity (Wildman–Crippen MR) is 74.3 cm³/mol. The molecule has 1 aromatic rings. The van der Waals surface area contributed by atoms with E-state index in [9.17, 15) is 4.79 Å². The summed E-state index contributed by atoms with van der Waals surface area (Å²) >= 11 is 7.93. The number of ketones is 1. The second-order valence-corrected chi connectivity index (χ2v) is 5.87. The van der Waals surface area contributed by atoms with Crippen LogP contribution in [0.4, 0.5) is 0 Å². The first-order chi connectivity index (χ1) is 8.16. The fourth-order valence-electron chi connectivity index (χ4n) is 1.86. The number of benzene rings is 1. The first kappa shape index (κ1) is 12.9. The molecule has 1 N–H and O–H groups in total. The van der Waals surface area contributed by atoms with Gasteiger partial charge in [-0.25, -0.2) is 0 Å². The topological polar surface area (TPSA) is 29.1 Å². The molecule has 0 saturated carbocycles.